The molecule has 3 heteroatoms. The van der Waals surface area contributed by atoms with Gasteiger partial charge in [0, 0.05) is 12.3 Å². The van der Waals surface area contributed by atoms with Crippen molar-refractivity contribution in [2.24, 2.45) is 5.92 Å². The molecule has 0 aliphatic heterocycles. The molecule has 0 bridgehead atoms. The van der Waals surface area contributed by atoms with Gasteiger partial charge in [-0.1, -0.05) is 32.8 Å². The van der Waals surface area contributed by atoms with Crippen LogP contribution in [-0.2, 0) is 6.42 Å². The van der Waals surface area contributed by atoms with Gasteiger partial charge in [-0.05, 0) is 24.3 Å². The van der Waals surface area contributed by atoms with Crippen LogP contribution in [0.15, 0.2) is 18.3 Å². The zero-order valence-electron chi connectivity index (χ0n) is 11.0. The Labute approximate surface area is 104 Å². The van der Waals surface area contributed by atoms with Crippen molar-refractivity contribution < 1.29 is 9.84 Å². The number of aliphatic hydroxyl groups excluding tert-OH is 1. The minimum absolute atomic E-state index is 0.268. The van der Waals surface area contributed by atoms with Gasteiger partial charge < -0.3 is 9.84 Å². The van der Waals surface area contributed by atoms with Gasteiger partial charge in [-0.3, -0.25) is 0 Å². The van der Waals surface area contributed by atoms with Gasteiger partial charge in [-0.2, -0.15) is 0 Å². The van der Waals surface area contributed by atoms with Gasteiger partial charge in [0.15, 0.2) is 0 Å². The maximum Gasteiger partial charge on any atom is 0.212 e. The van der Waals surface area contributed by atoms with E-state index in [0.29, 0.717) is 18.2 Å². The van der Waals surface area contributed by atoms with Crippen LogP contribution < -0.4 is 4.74 Å². The Hall–Kier alpha value is -1.09. The highest BCUT2D eigenvalue weighted by atomic mass is 16.5. The van der Waals surface area contributed by atoms with E-state index in [-0.39, 0.29) is 6.10 Å². The monoisotopic (exact) mass is 237 g/mol. The molecule has 17 heavy (non-hydrogen) atoms. The standard InChI is InChI=1S/C14H23NO2/c1-4-11(5-2)8-13(16)9-12-6-7-14(17-3)15-10-12/h6-7,10-11,13,16H,4-5,8-9H2,1-3H3. The second-order valence-corrected chi connectivity index (χ2v) is 4.48. The largest absolute Gasteiger partial charge is 0.481 e. The summed E-state index contributed by atoms with van der Waals surface area (Å²) in [6, 6.07) is 3.79. The first kappa shape index (κ1) is 14.0. The molecule has 0 radical (unpaired) electrons. The Morgan fingerprint density at radius 2 is 2.00 bits per heavy atom. The van der Waals surface area contributed by atoms with E-state index in [9.17, 15) is 5.11 Å². The van der Waals surface area contributed by atoms with Crippen LogP contribution >= 0.6 is 0 Å². The highest BCUT2D eigenvalue weighted by molar-refractivity contribution is 5.18. The number of rotatable bonds is 7. The summed E-state index contributed by atoms with van der Waals surface area (Å²) in [5.74, 6) is 1.24. The Balaban J connectivity index is 2.46. The predicted octanol–water partition coefficient (Wildman–Crippen LogP) is 2.82. The fraction of sp³-hybridized carbons (Fsp3) is 0.643. The molecule has 0 saturated carbocycles. The Bertz CT molecular complexity index is 307. The molecule has 1 N–H and O–H groups in total. The fourth-order valence-corrected chi connectivity index (χ4v) is 2.01. The van der Waals surface area contributed by atoms with Crippen LogP contribution in [0, 0.1) is 5.92 Å². The third-order valence-corrected chi connectivity index (χ3v) is 3.24. The predicted molar refractivity (Wildman–Crippen MR) is 69.2 cm³/mol. The molecule has 1 rings (SSSR count). The Morgan fingerprint density at radius 1 is 1.29 bits per heavy atom. The van der Waals surface area contributed by atoms with E-state index in [4.69, 9.17) is 4.74 Å². The number of aromatic nitrogens is 1. The molecule has 1 aromatic heterocycles. The molecule has 0 aliphatic carbocycles. The van der Waals surface area contributed by atoms with Crippen LogP contribution in [0.5, 0.6) is 5.88 Å². The molecule has 0 aromatic carbocycles. The molecule has 0 spiro atoms. The number of ether oxygens (including phenoxy) is 1. The van der Waals surface area contributed by atoms with Gasteiger partial charge in [-0.25, -0.2) is 4.98 Å². The normalized spacial score (nSPS) is 12.8. The molecule has 96 valence electrons. The third kappa shape index (κ3) is 4.73. The molecule has 0 fully saturated rings. The number of hydrogen-bond acceptors (Lipinski definition) is 3. The highest BCUT2D eigenvalue weighted by Gasteiger charge is 2.12. The van der Waals surface area contributed by atoms with E-state index in [2.05, 4.69) is 18.8 Å². The number of hydrogen-bond donors (Lipinski definition) is 1. The molecule has 0 aliphatic rings. The zero-order chi connectivity index (χ0) is 12.7. The molecular formula is C14H23NO2. The first-order chi connectivity index (χ1) is 8.19. The van der Waals surface area contributed by atoms with Gasteiger partial charge in [0.25, 0.3) is 0 Å². The van der Waals surface area contributed by atoms with Gasteiger partial charge in [0.2, 0.25) is 5.88 Å². The number of nitrogens with zero attached hydrogens (tertiary/aromatic N) is 1. The number of pyridine rings is 1. The average Bonchev–Trinajstić information content (AvgIpc) is 2.37. The molecule has 1 atom stereocenters. The van der Waals surface area contributed by atoms with Crippen LogP contribution in [0.4, 0.5) is 0 Å². The first-order valence-corrected chi connectivity index (χ1v) is 6.36. The van der Waals surface area contributed by atoms with Crippen molar-refractivity contribution in [3.05, 3.63) is 23.9 Å². The van der Waals surface area contributed by atoms with E-state index < -0.39 is 0 Å². The molecule has 1 unspecified atom stereocenters. The van der Waals surface area contributed by atoms with E-state index >= 15 is 0 Å². The Kier molecular flexibility index (Phi) is 5.98. The van der Waals surface area contributed by atoms with Gasteiger partial charge in [-0.15, -0.1) is 0 Å². The first-order valence-electron chi connectivity index (χ1n) is 6.36. The van der Waals surface area contributed by atoms with Crippen molar-refractivity contribution in [1.29, 1.82) is 0 Å². The van der Waals surface area contributed by atoms with Crippen molar-refractivity contribution in [3.63, 3.8) is 0 Å². The molecule has 1 heterocycles. The van der Waals surface area contributed by atoms with E-state index in [1.54, 1.807) is 13.3 Å². The van der Waals surface area contributed by atoms with Crippen molar-refractivity contribution in [2.75, 3.05) is 7.11 Å². The fourth-order valence-electron chi connectivity index (χ4n) is 2.01. The second-order valence-electron chi connectivity index (χ2n) is 4.48. The van der Waals surface area contributed by atoms with Gasteiger partial charge in [0.05, 0.1) is 13.2 Å². The lowest BCUT2D eigenvalue weighted by Gasteiger charge is -2.17. The summed E-state index contributed by atoms with van der Waals surface area (Å²) in [4.78, 5) is 4.14. The summed E-state index contributed by atoms with van der Waals surface area (Å²) in [6.07, 6.45) is 5.32. The minimum atomic E-state index is -0.268. The van der Waals surface area contributed by atoms with Crippen LogP contribution in [0.1, 0.15) is 38.7 Å². The van der Waals surface area contributed by atoms with Crippen molar-refractivity contribution >= 4 is 0 Å². The maximum absolute atomic E-state index is 10.0. The van der Waals surface area contributed by atoms with Crippen LogP contribution in [0.2, 0.25) is 0 Å². The van der Waals surface area contributed by atoms with Crippen LogP contribution in [0.3, 0.4) is 0 Å². The molecule has 3 nitrogen and oxygen atoms in total. The summed E-state index contributed by atoms with van der Waals surface area (Å²) in [6.45, 7) is 4.35. The smallest absolute Gasteiger partial charge is 0.212 e. The van der Waals surface area contributed by atoms with E-state index in [1.165, 1.54) is 0 Å². The van der Waals surface area contributed by atoms with Crippen molar-refractivity contribution in [1.82, 2.24) is 4.98 Å². The molecule has 1 aromatic rings. The maximum atomic E-state index is 10.0. The summed E-state index contributed by atoms with van der Waals surface area (Å²) < 4.78 is 5.00. The highest BCUT2D eigenvalue weighted by Crippen LogP contribution is 2.17. The SMILES string of the molecule is CCC(CC)CC(O)Cc1ccc(OC)nc1. The lowest BCUT2D eigenvalue weighted by atomic mass is 9.93. The topological polar surface area (TPSA) is 42.4 Å². The lowest BCUT2D eigenvalue weighted by Crippen LogP contribution is -2.15. The summed E-state index contributed by atoms with van der Waals surface area (Å²) in [5, 5.41) is 10.0. The van der Waals surface area contributed by atoms with Gasteiger partial charge in [0.1, 0.15) is 0 Å². The van der Waals surface area contributed by atoms with E-state index in [1.807, 2.05) is 12.1 Å². The van der Waals surface area contributed by atoms with E-state index in [0.717, 1.165) is 24.8 Å². The quantitative estimate of drug-likeness (QED) is 0.793. The number of aliphatic hydroxyl groups is 1. The average molecular weight is 237 g/mol. The molecular weight excluding hydrogens is 214 g/mol. The van der Waals surface area contributed by atoms with Crippen molar-refractivity contribution in [3.8, 4) is 5.88 Å². The molecule has 0 saturated heterocycles. The summed E-state index contributed by atoms with van der Waals surface area (Å²) >= 11 is 0. The second kappa shape index (κ2) is 7.28. The van der Waals surface area contributed by atoms with Gasteiger partial charge >= 0.3 is 0 Å². The third-order valence-electron chi connectivity index (χ3n) is 3.24. The Morgan fingerprint density at radius 3 is 2.47 bits per heavy atom. The van der Waals surface area contributed by atoms with Crippen molar-refractivity contribution in [2.45, 2.75) is 45.6 Å². The summed E-state index contributed by atoms with van der Waals surface area (Å²) in [5.41, 5.74) is 1.06. The minimum Gasteiger partial charge on any atom is -0.481 e. The number of methoxy groups -OCH3 is 1. The zero-order valence-corrected chi connectivity index (χ0v) is 11.0. The molecule has 0 amide bonds. The summed E-state index contributed by atoms with van der Waals surface area (Å²) in [7, 11) is 1.60. The lowest BCUT2D eigenvalue weighted by molar-refractivity contribution is 0.139. The van der Waals surface area contributed by atoms with Crippen LogP contribution in [0.25, 0.3) is 0 Å². The van der Waals surface area contributed by atoms with Crippen LogP contribution in [-0.4, -0.2) is 23.3 Å².